The van der Waals surface area contributed by atoms with Gasteiger partial charge in [0.25, 0.3) is 11.8 Å². The number of nitrogens with one attached hydrogen (secondary N) is 4. The molecule has 10 N–H and O–H groups in total. The molecule has 30 nitrogen and oxygen atoms in total. The molecule has 0 spiro atoms. The summed E-state index contributed by atoms with van der Waals surface area (Å²) in [6, 6.07) is 60.3. The summed E-state index contributed by atoms with van der Waals surface area (Å²) in [5.74, 6) is -7.09. The van der Waals surface area contributed by atoms with Gasteiger partial charge in [0.1, 0.15) is 36.8 Å². The molecule has 5 aliphatic rings. The van der Waals surface area contributed by atoms with Crippen molar-refractivity contribution in [2.24, 2.45) is 5.73 Å². The van der Waals surface area contributed by atoms with Gasteiger partial charge in [-0.3, -0.25) is 33.5 Å². The minimum atomic E-state index is -1.46. The third-order valence-electron chi connectivity index (χ3n) is 21.1. The summed E-state index contributed by atoms with van der Waals surface area (Å²) < 4.78 is 101. The minimum Gasteiger partial charge on any atom is -0.870 e. The number of carboxylic acids is 1. The predicted molar refractivity (Wildman–Crippen MR) is 463 cm³/mol. The number of aryl methyl sites for hydroxylation is 1. The Labute approximate surface area is 781 Å². The van der Waals surface area contributed by atoms with Crippen LogP contribution in [0.3, 0.4) is 0 Å². The summed E-state index contributed by atoms with van der Waals surface area (Å²) in [5, 5.41) is 56.6. The number of carboxylic acid groups (broad SMARTS) is 1. The van der Waals surface area contributed by atoms with Crippen LogP contribution in [0.5, 0.6) is 11.5 Å². The van der Waals surface area contributed by atoms with Gasteiger partial charge >= 0.3 is 82.4 Å². The van der Waals surface area contributed by atoms with E-state index in [1.54, 1.807) is 106 Å². The van der Waals surface area contributed by atoms with Crippen molar-refractivity contribution in [3.05, 3.63) is 327 Å². The Morgan fingerprint density at radius 1 is 0.488 bits per heavy atom. The first kappa shape index (κ1) is 99.9. The molecule has 12 aromatic rings. The van der Waals surface area contributed by atoms with Crippen molar-refractivity contribution in [2.75, 3.05) is 43.7 Å². The fraction of sp³-hybridized carbons (Fsp3) is 0.261. The van der Waals surface area contributed by atoms with Crippen LogP contribution in [0, 0.1) is 63.7 Å². The number of para-hydroxylation sites is 4. The number of amides is 3. The van der Waals surface area contributed by atoms with E-state index in [1.807, 2.05) is 152 Å². The van der Waals surface area contributed by atoms with Crippen molar-refractivity contribution < 1.29 is 151 Å². The number of halogens is 5. The molecule has 2 aliphatic heterocycles. The third kappa shape index (κ3) is 23.2. The SMILES string of the molecule is C=C(B(O)O)c1ccccc1.C=C(c1ccccc1)n1nc(C(=O)OCC)c(F)c1C.CCOC(=O)c1n[nH]c(C)c1F.CCOC(=O)c1nn(C2(c3ccccc3)CC2)c(C)c1F.Cc1c(F)c(C(=O)N[C@H]2COc3ccccc3NC2=O)nn1C1(c2ccccc2)CC1.Cc1c(F)c(C(=O)O)nn1C1(c2ccccc2)CC1.N[C@H]1COc2ccccc2NC1=O.[K+].[OH-]. The maximum Gasteiger partial charge on any atom is 1.00 e. The molecule has 17 rings (SSSR count). The number of rotatable bonds is 19. The molecule has 0 saturated heterocycles. The van der Waals surface area contributed by atoms with Gasteiger partial charge in [-0.05, 0) is 151 Å². The number of hydrogen-bond acceptors (Lipinski definition) is 21. The Morgan fingerprint density at radius 2 is 0.837 bits per heavy atom. The molecule has 7 aromatic carbocycles. The van der Waals surface area contributed by atoms with Gasteiger partial charge in [0.2, 0.25) is 28.7 Å². The average molecular weight is 1800 g/mol. The van der Waals surface area contributed by atoms with Crippen molar-refractivity contribution in [2.45, 2.75) is 123 Å². The number of aromatic amines is 1. The molecule has 668 valence electrons. The molecule has 5 aromatic heterocycles. The maximum absolute atomic E-state index is 15.0. The number of ether oxygens (including phenoxy) is 5. The van der Waals surface area contributed by atoms with Crippen LogP contribution in [0.15, 0.2) is 213 Å². The van der Waals surface area contributed by atoms with Crippen LogP contribution in [-0.2, 0) is 40.4 Å². The molecule has 0 radical (unpaired) electrons. The molecule has 3 saturated carbocycles. The van der Waals surface area contributed by atoms with E-state index in [0.717, 1.165) is 66.3 Å². The van der Waals surface area contributed by atoms with E-state index in [2.05, 4.69) is 64.4 Å². The second-order valence-electron chi connectivity index (χ2n) is 29.6. The van der Waals surface area contributed by atoms with E-state index >= 15 is 4.39 Å². The van der Waals surface area contributed by atoms with E-state index in [9.17, 15) is 51.1 Å². The number of nitrogens with zero attached hydrogens (tertiary/aromatic N) is 9. The van der Waals surface area contributed by atoms with Gasteiger partial charge in [-0.25, -0.2) is 45.8 Å². The second-order valence-corrected chi connectivity index (χ2v) is 29.6. The number of nitrogens with two attached hydrogens (primary N) is 1. The summed E-state index contributed by atoms with van der Waals surface area (Å²) in [7, 11) is -1.46. The zero-order valence-electron chi connectivity index (χ0n) is 72.2. The van der Waals surface area contributed by atoms with Crippen molar-refractivity contribution in [3.8, 4) is 11.5 Å². The van der Waals surface area contributed by atoms with E-state index < -0.39 is 95.2 Å². The van der Waals surface area contributed by atoms with Gasteiger partial charge in [0.15, 0.2) is 34.8 Å². The molecule has 3 fully saturated rings. The minimum absolute atomic E-state index is 0. The van der Waals surface area contributed by atoms with Crippen LogP contribution < -0.4 is 82.5 Å². The number of H-pyrrole nitrogens is 1. The smallest absolute Gasteiger partial charge is 0.870 e. The number of benzene rings is 7. The Kier molecular flexibility index (Phi) is 34.6. The number of carbonyl (C=O) groups is 7. The number of anilines is 2. The van der Waals surface area contributed by atoms with Crippen LogP contribution in [0.25, 0.3) is 11.2 Å². The zero-order valence-corrected chi connectivity index (χ0v) is 75.3. The normalized spacial score (nSPS) is 14.9. The molecule has 0 unspecified atom stereocenters. The number of fused-ring (bicyclic) bond motifs is 2. The standard InChI is InChI=1S/C23H21FN4O3.C16H17FN2O2.C15H15FN2O2.C14H13FN2O2.C9H10N2O2.C8H9BO2.C7H9FN2O2.K.H2O/c1-14-19(24)20(27-28(14)23(11-12-23)15-7-3-2-4-8-15)22(30)26-17-13-31-18-10-6-5-9-16(18)25-21(17)29;1-3-21-15(20)14-13(17)11(2)19(18-14)16(9-10-16)12-7-5-4-6-8-12;1-4-20-15(19)14-13(16)11(3)18(17-14)10(2)12-8-6-5-7-9-12;1-9-11(15)12(13(18)19)16-17(9)14(7-8-14)10-5-3-2-4-6-10;10-6-5-13-8-4-2-1-3-7(8)11-9(6)12;1-7(9(10)11)8-5-3-2-4-6-8;1-3-12-7(11)6-5(8)4(2)9-10-6;;/h2-10,17H,11-13H2,1H3,(H,25,29)(H,26,30);4-8H,3,9-10H2,1-2H3;5-9H,2,4H2,1,3H3;2-6H,7-8H2,1H3,(H,18,19);1-4,6H,5,10H2,(H,11,12);2-6,10-11H,1H2;3H2,1-2H3,(H,9,10);;1H2/q;;;;;;;+1;/p-1/t17-;;;;6-;;;;/m0...0..../s1. The van der Waals surface area contributed by atoms with Crippen LogP contribution in [-0.4, -0.2) is 164 Å². The Bertz CT molecular complexity index is 5970. The van der Waals surface area contributed by atoms with Crippen molar-refractivity contribution in [3.63, 3.8) is 0 Å². The van der Waals surface area contributed by atoms with Gasteiger partial charge in [-0.1, -0.05) is 189 Å². The first-order valence-corrected chi connectivity index (χ1v) is 40.5. The van der Waals surface area contributed by atoms with Gasteiger partial charge in [-0.2, -0.15) is 25.5 Å². The Morgan fingerprint density at radius 3 is 1.23 bits per heavy atom. The molecule has 37 heteroatoms. The molecule has 2 atom stereocenters. The number of carbonyl (C=O) groups excluding carboxylic acids is 6. The van der Waals surface area contributed by atoms with E-state index in [1.165, 1.54) is 16.3 Å². The fourth-order valence-corrected chi connectivity index (χ4v) is 13.8. The molecule has 3 aliphatic carbocycles. The van der Waals surface area contributed by atoms with Gasteiger partial charge in [-0.15, -0.1) is 0 Å². The van der Waals surface area contributed by atoms with Gasteiger partial charge in [0, 0.05) is 0 Å². The summed E-state index contributed by atoms with van der Waals surface area (Å²) in [6.45, 7) is 21.0. The molecular weight excluding hydrogens is 1700 g/mol. The van der Waals surface area contributed by atoms with Gasteiger partial charge in [0.05, 0.1) is 82.0 Å². The fourth-order valence-electron chi connectivity index (χ4n) is 13.8. The Balaban J connectivity index is 0.000000174. The van der Waals surface area contributed by atoms with Crippen LogP contribution in [0.4, 0.5) is 33.3 Å². The average Bonchev–Trinajstić information content (AvgIpc) is 1.57. The van der Waals surface area contributed by atoms with Crippen molar-refractivity contribution in [1.29, 1.82) is 0 Å². The molecule has 0 bridgehead atoms. The van der Waals surface area contributed by atoms with Gasteiger partial charge < -0.3 is 66.0 Å². The van der Waals surface area contributed by atoms with Crippen molar-refractivity contribution in [1.82, 2.24) is 54.6 Å². The molecular formula is C92H95BF5KN14O16. The second kappa shape index (κ2) is 44.7. The first-order valence-electron chi connectivity index (χ1n) is 40.5. The topological polar surface area (TPSA) is 418 Å². The predicted octanol–water partition coefficient (Wildman–Crippen LogP) is 10.6. The van der Waals surface area contributed by atoms with E-state index in [0.29, 0.717) is 45.4 Å². The van der Waals surface area contributed by atoms with E-state index in [-0.39, 0.29) is 147 Å². The third-order valence-corrected chi connectivity index (χ3v) is 21.1. The number of aromatic carboxylic acids is 1. The zero-order chi connectivity index (χ0) is 91.6. The number of esters is 3. The quantitative estimate of drug-likeness (QED) is 0.0161. The summed E-state index contributed by atoms with van der Waals surface area (Å²) in [5.41, 5.74) is 10.9. The first-order chi connectivity index (χ1) is 60.9. The molecule has 3 amide bonds. The number of hydrogen-bond donors (Lipinski definition) is 8. The Hall–Kier alpha value is -12.8. The van der Waals surface area contributed by atoms with E-state index in [4.69, 9.17) is 39.8 Å². The maximum atomic E-state index is 15.0. The monoisotopic (exact) mass is 1800 g/mol. The molecule has 7 heterocycles. The number of aromatic nitrogens is 10. The van der Waals surface area contributed by atoms with Crippen molar-refractivity contribution >= 4 is 71.3 Å². The summed E-state index contributed by atoms with van der Waals surface area (Å²) >= 11 is 0. The summed E-state index contributed by atoms with van der Waals surface area (Å²) in [6.07, 6.45) is 5.10. The van der Waals surface area contributed by atoms with Crippen LogP contribution in [0.1, 0.15) is 168 Å². The largest absolute Gasteiger partial charge is 1.00 e. The van der Waals surface area contributed by atoms with Crippen LogP contribution in [0.2, 0.25) is 0 Å². The van der Waals surface area contributed by atoms with Crippen LogP contribution >= 0.6 is 0 Å². The molecule has 129 heavy (non-hydrogen) atoms. The summed E-state index contributed by atoms with van der Waals surface area (Å²) in [4.78, 5) is 81.9.